The van der Waals surface area contributed by atoms with Gasteiger partial charge in [0.25, 0.3) is 0 Å². The largest absolute Gasteiger partial charge is 0.494 e. The zero-order valence-electron chi connectivity index (χ0n) is 14.6. The van der Waals surface area contributed by atoms with Gasteiger partial charge in [-0.1, -0.05) is 32.6 Å². The zero-order chi connectivity index (χ0) is 16.8. The molecule has 130 valence electrons. The predicted molar refractivity (Wildman–Crippen MR) is 96.1 cm³/mol. The van der Waals surface area contributed by atoms with Gasteiger partial charge >= 0.3 is 0 Å². The van der Waals surface area contributed by atoms with E-state index < -0.39 is 0 Å². The fourth-order valence-electron chi connectivity index (χ4n) is 3.40. The third-order valence-corrected chi connectivity index (χ3v) is 4.79. The second-order valence-electron chi connectivity index (χ2n) is 6.64. The lowest BCUT2D eigenvalue weighted by molar-refractivity contribution is 0.270. The molecule has 3 rings (SSSR count). The summed E-state index contributed by atoms with van der Waals surface area (Å²) in [6, 6.07) is 10.7. The summed E-state index contributed by atoms with van der Waals surface area (Å²) in [7, 11) is 0. The summed E-state index contributed by atoms with van der Waals surface area (Å²) in [5.74, 6) is 0.915. The molecule has 1 fully saturated rings. The number of ether oxygens (including phenoxy) is 1. The Morgan fingerprint density at radius 1 is 1.17 bits per heavy atom. The number of nitrogens with zero attached hydrogens (tertiary/aromatic N) is 2. The van der Waals surface area contributed by atoms with E-state index in [0.29, 0.717) is 6.04 Å². The van der Waals surface area contributed by atoms with Crippen molar-refractivity contribution in [1.82, 2.24) is 9.78 Å². The van der Waals surface area contributed by atoms with Crippen molar-refractivity contribution in [2.24, 2.45) is 0 Å². The lowest BCUT2D eigenvalue weighted by Gasteiger charge is -2.24. The van der Waals surface area contributed by atoms with Crippen molar-refractivity contribution in [1.29, 1.82) is 0 Å². The highest BCUT2D eigenvalue weighted by Gasteiger charge is 2.20. The molecule has 24 heavy (non-hydrogen) atoms. The normalized spacial score (nSPS) is 15.6. The Morgan fingerprint density at radius 2 is 1.92 bits per heavy atom. The highest BCUT2D eigenvalue weighted by atomic mass is 16.5. The van der Waals surface area contributed by atoms with Crippen LogP contribution in [0.1, 0.15) is 63.6 Å². The topological polar surface area (TPSA) is 47.3 Å². The monoisotopic (exact) mass is 328 g/mol. The number of aliphatic hydroxyl groups excluding tert-OH is 1. The van der Waals surface area contributed by atoms with Gasteiger partial charge in [0.15, 0.2) is 0 Å². The third-order valence-electron chi connectivity index (χ3n) is 4.79. The molecular weight excluding hydrogens is 300 g/mol. The van der Waals surface area contributed by atoms with Crippen molar-refractivity contribution >= 4 is 0 Å². The van der Waals surface area contributed by atoms with Crippen LogP contribution >= 0.6 is 0 Å². The predicted octanol–water partition coefficient (Wildman–Crippen LogP) is 4.73. The summed E-state index contributed by atoms with van der Waals surface area (Å²) in [6.45, 7) is 2.92. The van der Waals surface area contributed by atoms with Crippen LogP contribution in [-0.2, 0) is 6.61 Å². The van der Waals surface area contributed by atoms with E-state index in [1.807, 2.05) is 18.2 Å². The van der Waals surface area contributed by atoms with Crippen LogP contribution in [0.25, 0.3) is 11.3 Å². The van der Waals surface area contributed by atoms with Crippen LogP contribution in [0.3, 0.4) is 0 Å². The van der Waals surface area contributed by atoms with E-state index in [1.54, 1.807) is 0 Å². The number of hydrogen-bond acceptors (Lipinski definition) is 3. The van der Waals surface area contributed by atoms with Crippen LogP contribution in [0.4, 0.5) is 0 Å². The van der Waals surface area contributed by atoms with Crippen molar-refractivity contribution in [3.8, 4) is 17.0 Å². The Bertz CT molecular complexity index is 628. The second kappa shape index (κ2) is 8.34. The Balaban J connectivity index is 1.81. The van der Waals surface area contributed by atoms with Gasteiger partial charge in [0.1, 0.15) is 5.75 Å². The summed E-state index contributed by atoms with van der Waals surface area (Å²) in [5, 5.41) is 14.1. The maximum absolute atomic E-state index is 9.49. The highest BCUT2D eigenvalue weighted by molar-refractivity contribution is 5.61. The van der Waals surface area contributed by atoms with E-state index in [4.69, 9.17) is 4.74 Å². The Kier molecular flexibility index (Phi) is 5.91. The molecule has 0 unspecified atom stereocenters. The first-order valence-corrected chi connectivity index (χ1v) is 9.24. The van der Waals surface area contributed by atoms with Gasteiger partial charge in [-0.15, -0.1) is 0 Å². The fraction of sp³-hybridized carbons (Fsp3) is 0.550. The third kappa shape index (κ3) is 3.99. The van der Waals surface area contributed by atoms with Gasteiger partial charge in [0, 0.05) is 5.56 Å². The molecule has 1 aliphatic carbocycles. The average molecular weight is 328 g/mol. The molecule has 1 N–H and O–H groups in total. The van der Waals surface area contributed by atoms with Gasteiger partial charge in [-0.05, 0) is 49.6 Å². The van der Waals surface area contributed by atoms with Crippen LogP contribution in [-0.4, -0.2) is 21.5 Å². The minimum Gasteiger partial charge on any atom is -0.494 e. The standard InChI is InChI=1S/C20H28N2O2/c1-2-3-13-24-19-11-9-16(10-12-19)20-14-17(15-23)21-22(20)18-7-5-4-6-8-18/h9-12,14,18,23H,2-8,13,15H2,1H3. The second-order valence-corrected chi connectivity index (χ2v) is 6.64. The van der Waals surface area contributed by atoms with Gasteiger partial charge in [0.2, 0.25) is 0 Å². The van der Waals surface area contributed by atoms with Gasteiger partial charge < -0.3 is 9.84 Å². The van der Waals surface area contributed by atoms with Gasteiger partial charge in [-0.2, -0.15) is 5.10 Å². The molecule has 4 heteroatoms. The van der Waals surface area contributed by atoms with Crippen LogP contribution in [0.5, 0.6) is 5.75 Å². The maximum atomic E-state index is 9.49. The molecule has 1 aliphatic rings. The molecule has 1 heterocycles. The molecule has 0 spiro atoms. The van der Waals surface area contributed by atoms with Crippen molar-refractivity contribution in [2.75, 3.05) is 6.61 Å². The van der Waals surface area contributed by atoms with E-state index >= 15 is 0 Å². The van der Waals surface area contributed by atoms with Crippen molar-refractivity contribution < 1.29 is 9.84 Å². The molecule has 0 saturated heterocycles. The van der Waals surface area contributed by atoms with Crippen LogP contribution in [0.15, 0.2) is 30.3 Å². The highest BCUT2D eigenvalue weighted by Crippen LogP contribution is 2.33. The van der Waals surface area contributed by atoms with Crippen molar-refractivity contribution in [3.63, 3.8) is 0 Å². The van der Waals surface area contributed by atoms with Crippen LogP contribution < -0.4 is 4.74 Å². The molecule has 0 bridgehead atoms. The maximum Gasteiger partial charge on any atom is 0.119 e. The summed E-state index contributed by atoms with van der Waals surface area (Å²) in [5.41, 5.74) is 2.99. The summed E-state index contributed by atoms with van der Waals surface area (Å²) in [4.78, 5) is 0. The van der Waals surface area contributed by atoms with Gasteiger partial charge in [-0.25, -0.2) is 0 Å². The summed E-state index contributed by atoms with van der Waals surface area (Å²) < 4.78 is 7.88. The quantitative estimate of drug-likeness (QED) is 0.748. The number of hydrogen-bond donors (Lipinski definition) is 1. The molecule has 0 atom stereocenters. The van der Waals surface area contributed by atoms with E-state index in [-0.39, 0.29) is 6.61 Å². The van der Waals surface area contributed by atoms with E-state index in [2.05, 4.69) is 28.8 Å². The Morgan fingerprint density at radius 3 is 2.58 bits per heavy atom. The SMILES string of the molecule is CCCCOc1ccc(-c2cc(CO)nn2C2CCCCC2)cc1. The van der Waals surface area contributed by atoms with E-state index in [1.165, 1.54) is 32.1 Å². The molecule has 0 amide bonds. The number of aromatic nitrogens is 2. The number of benzene rings is 1. The molecular formula is C20H28N2O2. The summed E-state index contributed by atoms with van der Waals surface area (Å²) in [6.07, 6.45) is 8.43. The van der Waals surface area contributed by atoms with Crippen LogP contribution in [0, 0.1) is 0 Å². The molecule has 0 aliphatic heterocycles. The van der Waals surface area contributed by atoms with E-state index in [0.717, 1.165) is 42.1 Å². The van der Waals surface area contributed by atoms with Crippen molar-refractivity contribution in [2.45, 2.75) is 64.5 Å². The van der Waals surface area contributed by atoms with Crippen molar-refractivity contribution in [3.05, 3.63) is 36.0 Å². The first-order valence-electron chi connectivity index (χ1n) is 9.24. The lowest BCUT2D eigenvalue weighted by Crippen LogP contribution is -2.15. The Labute approximate surface area is 144 Å². The fourth-order valence-corrected chi connectivity index (χ4v) is 3.40. The number of unbranched alkanes of at least 4 members (excludes halogenated alkanes) is 1. The molecule has 2 aromatic rings. The molecule has 1 aromatic heterocycles. The number of aliphatic hydroxyl groups is 1. The van der Waals surface area contributed by atoms with E-state index in [9.17, 15) is 5.11 Å². The first-order chi connectivity index (χ1) is 11.8. The summed E-state index contributed by atoms with van der Waals surface area (Å²) >= 11 is 0. The smallest absolute Gasteiger partial charge is 0.119 e. The average Bonchev–Trinajstić information content (AvgIpc) is 3.08. The lowest BCUT2D eigenvalue weighted by atomic mass is 9.95. The minimum absolute atomic E-state index is 0.00900. The molecule has 4 nitrogen and oxygen atoms in total. The van der Waals surface area contributed by atoms with Gasteiger partial charge in [-0.3, -0.25) is 4.68 Å². The first kappa shape index (κ1) is 17.0. The minimum atomic E-state index is -0.00900. The number of rotatable bonds is 7. The molecule has 0 radical (unpaired) electrons. The molecule has 1 saturated carbocycles. The van der Waals surface area contributed by atoms with Crippen LogP contribution in [0.2, 0.25) is 0 Å². The van der Waals surface area contributed by atoms with Gasteiger partial charge in [0.05, 0.1) is 30.6 Å². The zero-order valence-corrected chi connectivity index (χ0v) is 14.6. The molecule has 1 aromatic carbocycles. The Hall–Kier alpha value is -1.81.